The van der Waals surface area contributed by atoms with Crippen LogP contribution in [0.25, 0.3) is 10.6 Å². The van der Waals surface area contributed by atoms with Crippen LogP contribution in [0.3, 0.4) is 0 Å². The molecule has 0 aliphatic carbocycles. The molecule has 0 spiro atoms. The molecule has 16 heteroatoms. The highest BCUT2D eigenvalue weighted by atomic mass is 32.1. The molecular formula is C42H62N6O9S. The normalized spacial score (nSPS) is 37.4. The van der Waals surface area contributed by atoms with E-state index in [-0.39, 0.29) is 24.0 Å². The summed E-state index contributed by atoms with van der Waals surface area (Å²) in [6.07, 6.45) is 1.39. The van der Waals surface area contributed by atoms with Crippen LogP contribution in [0.15, 0.2) is 35.0 Å². The predicted octanol–water partition coefficient (Wildman–Crippen LogP) is 5.36. The van der Waals surface area contributed by atoms with Crippen LogP contribution in [0.5, 0.6) is 0 Å². The molecule has 0 aromatic carbocycles. The first-order valence-electron chi connectivity index (χ1n) is 20.6. The topological polar surface area (TPSA) is 165 Å². The first-order valence-corrected chi connectivity index (χ1v) is 21.5. The average molecular weight is 827 g/mol. The van der Waals surface area contributed by atoms with Gasteiger partial charge < -0.3 is 33.7 Å². The van der Waals surface area contributed by atoms with Gasteiger partial charge in [-0.05, 0) is 91.9 Å². The maximum absolute atomic E-state index is 14.4. The summed E-state index contributed by atoms with van der Waals surface area (Å²) in [6, 6.07) is 3.03. The van der Waals surface area contributed by atoms with Gasteiger partial charge in [-0.2, -0.15) is 15.2 Å². The molecule has 2 aromatic heterocycles. The first-order chi connectivity index (χ1) is 27.4. The van der Waals surface area contributed by atoms with E-state index in [1.54, 1.807) is 47.9 Å². The predicted molar refractivity (Wildman–Crippen MR) is 217 cm³/mol. The fourth-order valence-electron chi connectivity index (χ4n) is 9.56. The number of esters is 1. The number of likely N-dealkylation sites (N-methyl/N-ethyl adjacent to an activating group) is 1. The molecule has 1 N–H and O–H groups in total. The van der Waals surface area contributed by atoms with Crippen molar-refractivity contribution in [2.75, 3.05) is 27.7 Å². The van der Waals surface area contributed by atoms with Crippen LogP contribution in [-0.2, 0) is 39.7 Å². The number of hydrogen-bond donors (Lipinski definition) is 1. The number of thiazole rings is 1. The van der Waals surface area contributed by atoms with Crippen molar-refractivity contribution in [1.82, 2.24) is 25.0 Å². The quantitative estimate of drug-likeness (QED) is 0.241. The van der Waals surface area contributed by atoms with Crippen LogP contribution < -0.4 is 0 Å². The number of pyridine rings is 1. The molecule has 3 saturated heterocycles. The molecule has 6 rings (SSSR count). The third-order valence-electron chi connectivity index (χ3n) is 12.8. The Morgan fingerprint density at radius 1 is 1.10 bits per heavy atom. The highest BCUT2D eigenvalue weighted by Gasteiger charge is 2.63. The van der Waals surface area contributed by atoms with Crippen molar-refractivity contribution in [2.45, 2.75) is 141 Å². The number of amides is 1. The maximum Gasteiger partial charge on any atom is 0.431 e. The molecule has 58 heavy (non-hydrogen) atoms. The molecule has 13 atom stereocenters. The second-order valence-corrected chi connectivity index (χ2v) is 18.1. The Kier molecular flexibility index (Phi) is 13.3. The SMILES string of the molecule is CC[C@H]1OC(=O)[C@@H](C)C(=O)[C@@H](C)[C@H](O[C@H]2O[C@@H](C)C[C@@H](N(C)C)[C@@H]2O)C(C)(OC)C[C@@H](C)C2=NN(CCCc3csc(-c4cccnc4)n3)N3C(=O)O[C@@]1(C)[C@H]3[C@@H]2C. The average Bonchev–Trinajstić information content (AvgIpc) is 3.78. The van der Waals surface area contributed by atoms with Crippen LogP contribution in [-0.4, -0.2) is 135 Å². The number of carbonyl (C=O) groups excluding carboxylic acids is 3. The number of aryl methyl sites for hydroxylation is 1. The number of cyclic esters (lactones) is 1. The molecule has 4 aliphatic heterocycles. The van der Waals surface area contributed by atoms with E-state index >= 15 is 0 Å². The zero-order valence-electron chi connectivity index (χ0n) is 35.8. The van der Waals surface area contributed by atoms with Gasteiger partial charge in [-0.3, -0.25) is 14.6 Å². The largest absolute Gasteiger partial charge is 0.457 e. The number of hydrogen-bond acceptors (Lipinski definition) is 15. The molecule has 2 bridgehead atoms. The molecule has 0 radical (unpaired) electrons. The number of rotatable bonds is 10. The lowest BCUT2D eigenvalue weighted by Crippen LogP contribution is -2.63. The van der Waals surface area contributed by atoms with Crippen LogP contribution >= 0.6 is 11.3 Å². The van der Waals surface area contributed by atoms with E-state index in [0.717, 1.165) is 22.0 Å². The summed E-state index contributed by atoms with van der Waals surface area (Å²) >= 11 is 1.56. The maximum atomic E-state index is 14.4. The number of carbonyl (C=O) groups is 3. The fraction of sp³-hybridized carbons (Fsp3) is 0.714. The lowest BCUT2D eigenvalue weighted by atomic mass is 9.73. The van der Waals surface area contributed by atoms with Crippen molar-refractivity contribution in [3.05, 3.63) is 35.6 Å². The van der Waals surface area contributed by atoms with E-state index in [1.165, 1.54) is 6.92 Å². The Morgan fingerprint density at radius 3 is 2.50 bits per heavy atom. The van der Waals surface area contributed by atoms with E-state index in [4.69, 9.17) is 33.8 Å². The molecule has 2 aromatic rings. The third-order valence-corrected chi connectivity index (χ3v) is 13.7. The molecule has 3 fully saturated rings. The van der Waals surface area contributed by atoms with E-state index in [0.29, 0.717) is 38.6 Å². The van der Waals surface area contributed by atoms with Gasteiger partial charge in [0.15, 0.2) is 17.7 Å². The highest BCUT2D eigenvalue weighted by Crippen LogP contribution is 2.46. The minimum atomic E-state index is -1.27. The number of aliphatic hydroxyl groups is 1. The van der Waals surface area contributed by atoms with E-state index in [2.05, 4.69) is 11.9 Å². The Morgan fingerprint density at radius 2 is 1.84 bits per heavy atom. The highest BCUT2D eigenvalue weighted by molar-refractivity contribution is 7.13. The third kappa shape index (κ3) is 8.42. The van der Waals surface area contributed by atoms with Gasteiger partial charge in [-0.1, -0.05) is 27.7 Å². The first kappa shape index (κ1) is 44.0. The molecule has 0 saturated carbocycles. The summed E-state index contributed by atoms with van der Waals surface area (Å²) in [5.74, 6) is -3.78. The molecule has 1 amide bonds. The minimum Gasteiger partial charge on any atom is -0.457 e. The van der Waals surface area contributed by atoms with Crippen LogP contribution in [0, 0.1) is 23.7 Å². The Balaban J connectivity index is 1.37. The Hall–Kier alpha value is -3.54. The second-order valence-electron chi connectivity index (χ2n) is 17.2. The Labute approximate surface area is 346 Å². The van der Waals surface area contributed by atoms with Crippen molar-refractivity contribution in [2.24, 2.45) is 28.8 Å². The smallest absolute Gasteiger partial charge is 0.431 e. The summed E-state index contributed by atoms with van der Waals surface area (Å²) in [6.45, 7) is 15.3. The van der Waals surface area contributed by atoms with Crippen molar-refractivity contribution >= 4 is 34.9 Å². The fourth-order valence-corrected chi connectivity index (χ4v) is 10.4. The van der Waals surface area contributed by atoms with Crippen LogP contribution in [0.4, 0.5) is 4.79 Å². The van der Waals surface area contributed by atoms with E-state index in [9.17, 15) is 19.5 Å². The van der Waals surface area contributed by atoms with Gasteiger partial charge >= 0.3 is 12.1 Å². The van der Waals surface area contributed by atoms with Crippen molar-refractivity contribution < 1.29 is 43.2 Å². The van der Waals surface area contributed by atoms with Crippen molar-refractivity contribution in [3.8, 4) is 10.6 Å². The number of fused-ring (bicyclic) bond motifs is 1. The van der Waals surface area contributed by atoms with Gasteiger partial charge in [0.1, 0.15) is 29.2 Å². The number of hydrazone groups is 1. The zero-order chi connectivity index (χ0) is 42.3. The lowest BCUT2D eigenvalue weighted by molar-refractivity contribution is -0.295. The van der Waals surface area contributed by atoms with Gasteiger partial charge in [0.05, 0.1) is 30.0 Å². The van der Waals surface area contributed by atoms with Gasteiger partial charge in [-0.15, -0.1) is 11.3 Å². The lowest BCUT2D eigenvalue weighted by Gasteiger charge is -2.49. The standard InChI is InChI=1S/C42H62N6O9S/c1-12-31-42(8)35-25(4)32(45-47(48(35)40(52)57-42)18-14-16-29-22-58-37(44-29)28-15-13-17-43-21-28)23(2)20-41(7,53-11)36(26(5)33(49)27(6)38(51)55-31)56-39-34(50)30(46(9)10)19-24(3)54-39/h13,15,17,21-27,30-31,34-36,39,50H,12,14,16,18-20H2,1-11H3/t23-,24+,25-,26-,27+,30-,31-,34+,35-,36+,39-,41?,42-/m1/s1. The van der Waals surface area contributed by atoms with Gasteiger partial charge in [0.25, 0.3) is 0 Å². The summed E-state index contributed by atoms with van der Waals surface area (Å²) < 4.78 is 31.7. The summed E-state index contributed by atoms with van der Waals surface area (Å²) in [5.41, 5.74) is 0.288. The number of nitrogens with zero attached hydrogens (tertiary/aromatic N) is 6. The minimum absolute atomic E-state index is 0.228. The van der Waals surface area contributed by atoms with Gasteiger partial charge in [0, 0.05) is 54.0 Å². The zero-order valence-corrected chi connectivity index (χ0v) is 36.6. The van der Waals surface area contributed by atoms with Crippen LogP contribution in [0.2, 0.25) is 0 Å². The number of aliphatic hydroxyl groups excluding tert-OH is 1. The number of ether oxygens (including phenoxy) is 5. The molecular weight excluding hydrogens is 765 g/mol. The molecule has 1 unspecified atom stereocenters. The summed E-state index contributed by atoms with van der Waals surface area (Å²) in [7, 11) is 5.38. The molecule has 320 valence electrons. The van der Waals surface area contributed by atoms with Crippen molar-refractivity contribution in [1.29, 1.82) is 0 Å². The Bertz CT molecular complexity index is 1810. The van der Waals surface area contributed by atoms with Gasteiger partial charge in [-0.25, -0.2) is 9.78 Å². The van der Waals surface area contributed by atoms with Gasteiger partial charge in [0.2, 0.25) is 0 Å². The number of ketones is 1. The van der Waals surface area contributed by atoms with E-state index < -0.39 is 71.5 Å². The van der Waals surface area contributed by atoms with Crippen LogP contribution in [0.1, 0.15) is 86.8 Å². The summed E-state index contributed by atoms with van der Waals surface area (Å²) in [5, 5.41) is 22.9. The van der Waals surface area contributed by atoms with E-state index in [1.807, 2.05) is 71.1 Å². The number of aromatic nitrogens is 2. The monoisotopic (exact) mass is 826 g/mol. The molecule has 6 heterocycles. The summed E-state index contributed by atoms with van der Waals surface area (Å²) in [4.78, 5) is 53.4. The number of methoxy groups -OCH3 is 1. The number of hydrazine groups is 1. The number of Topliss-reactive ketones (excluding diaryl/α,β-unsaturated/α-hetero) is 1. The molecule has 4 aliphatic rings. The van der Waals surface area contributed by atoms with Crippen molar-refractivity contribution in [3.63, 3.8) is 0 Å². The second kappa shape index (κ2) is 17.6. The molecule has 15 nitrogen and oxygen atoms in total.